The number of carbonyl (C=O) groups excluding carboxylic acids is 1. The molecular weight excluding hydrogens is 274 g/mol. The molecule has 2 amide bonds. The number of thiazole rings is 1. The summed E-state index contributed by atoms with van der Waals surface area (Å²) in [6.45, 7) is 9.54. The quantitative estimate of drug-likeness (QED) is 0.898. The van der Waals surface area contributed by atoms with E-state index in [-0.39, 0.29) is 11.6 Å². The number of amides is 2. The summed E-state index contributed by atoms with van der Waals surface area (Å²) in [5.41, 5.74) is 0.715. The molecule has 20 heavy (non-hydrogen) atoms. The molecule has 0 spiro atoms. The van der Waals surface area contributed by atoms with Crippen molar-refractivity contribution < 1.29 is 9.53 Å². The van der Waals surface area contributed by atoms with Crippen LogP contribution in [0.3, 0.4) is 0 Å². The van der Waals surface area contributed by atoms with Crippen LogP contribution >= 0.6 is 11.3 Å². The highest BCUT2D eigenvalue weighted by Crippen LogP contribution is 2.26. The smallest absolute Gasteiger partial charge is 0.320 e. The topological polar surface area (TPSA) is 63.2 Å². The second-order valence-corrected chi connectivity index (χ2v) is 7.25. The Morgan fingerprint density at radius 3 is 2.90 bits per heavy atom. The molecule has 0 bridgehead atoms. The number of rotatable bonds is 4. The summed E-state index contributed by atoms with van der Waals surface area (Å²) in [7, 11) is 0. The fourth-order valence-electron chi connectivity index (χ4n) is 2.27. The number of ether oxygens (including phenoxy) is 1. The second kappa shape index (κ2) is 6.10. The number of urea groups is 1. The number of nitrogens with one attached hydrogen (secondary N) is 2. The average Bonchev–Trinajstić information content (AvgIpc) is 2.85. The van der Waals surface area contributed by atoms with Crippen LogP contribution < -0.4 is 10.6 Å². The molecule has 112 valence electrons. The van der Waals surface area contributed by atoms with Crippen molar-refractivity contribution in [3.05, 3.63) is 10.7 Å². The molecule has 1 fully saturated rings. The first-order valence-corrected chi connectivity index (χ1v) is 7.83. The SMILES string of the molecule is Cc1nc(CC(C)C)c(NC(=O)N[C@]2(C)CCOC2)s1. The van der Waals surface area contributed by atoms with Gasteiger partial charge in [0.15, 0.2) is 0 Å². The van der Waals surface area contributed by atoms with E-state index in [1.54, 1.807) is 0 Å². The van der Waals surface area contributed by atoms with Crippen LogP contribution in [0.4, 0.5) is 9.80 Å². The van der Waals surface area contributed by atoms with Gasteiger partial charge in [0, 0.05) is 6.61 Å². The van der Waals surface area contributed by atoms with Gasteiger partial charge in [-0.05, 0) is 32.6 Å². The molecule has 0 aliphatic carbocycles. The summed E-state index contributed by atoms with van der Waals surface area (Å²) in [6, 6.07) is -0.174. The molecule has 5 nitrogen and oxygen atoms in total. The molecule has 1 aromatic heterocycles. The Morgan fingerprint density at radius 2 is 2.30 bits per heavy atom. The Labute approximate surface area is 124 Å². The van der Waals surface area contributed by atoms with Crippen LogP contribution in [0.1, 0.15) is 37.9 Å². The number of nitrogens with zero attached hydrogens (tertiary/aromatic N) is 1. The van der Waals surface area contributed by atoms with Crippen LogP contribution in [0.15, 0.2) is 0 Å². The molecule has 1 aliphatic heterocycles. The molecule has 1 aromatic rings. The van der Waals surface area contributed by atoms with E-state index in [0.717, 1.165) is 28.5 Å². The van der Waals surface area contributed by atoms with Crippen LogP contribution in [0, 0.1) is 12.8 Å². The third kappa shape index (κ3) is 3.93. The lowest BCUT2D eigenvalue weighted by Crippen LogP contribution is -2.48. The summed E-state index contributed by atoms with van der Waals surface area (Å²) >= 11 is 1.53. The maximum atomic E-state index is 12.1. The van der Waals surface area contributed by atoms with Gasteiger partial charge >= 0.3 is 6.03 Å². The van der Waals surface area contributed by atoms with Crippen LogP contribution in [0.2, 0.25) is 0 Å². The van der Waals surface area contributed by atoms with Gasteiger partial charge < -0.3 is 10.1 Å². The van der Waals surface area contributed by atoms with E-state index in [0.29, 0.717) is 19.1 Å². The van der Waals surface area contributed by atoms with Crippen molar-refractivity contribution in [1.29, 1.82) is 0 Å². The number of hydrogen-bond acceptors (Lipinski definition) is 4. The molecule has 1 aliphatic rings. The Hall–Kier alpha value is -1.14. The van der Waals surface area contributed by atoms with Crippen molar-refractivity contribution in [2.45, 2.75) is 46.1 Å². The Balaban J connectivity index is 2.00. The van der Waals surface area contributed by atoms with Crippen LogP contribution in [-0.2, 0) is 11.2 Å². The van der Waals surface area contributed by atoms with Crippen molar-refractivity contribution in [2.75, 3.05) is 18.5 Å². The fourth-order valence-corrected chi connectivity index (χ4v) is 3.11. The minimum Gasteiger partial charge on any atom is -0.379 e. The molecule has 1 saturated heterocycles. The molecule has 0 aromatic carbocycles. The van der Waals surface area contributed by atoms with E-state index in [1.807, 2.05) is 13.8 Å². The summed E-state index contributed by atoms with van der Waals surface area (Å²) in [5, 5.41) is 7.77. The highest BCUT2D eigenvalue weighted by atomic mass is 32.1. The highest BCUT2D eigenvalue weighted by Gasteiger charge is 2.31. The van der Waals surface area contributed by atoms with Crippen molar-refractivity contribution in [2.24, 2.45) is 5.92 Å². The zero-order chi connectivity index (χ0) is 14.8. The number of aromatic nitrogens is 1. The Morgan fingerprint density at radius 1 is 1.55 bits per heavy atom. The van der Waals surface area contributed by atoms with Crippen LogP contribution in [0.25, 0.3) is 0 Å². The summed E-state index contributed by atoms with van der Waals surface area (Å²) in [4.78, 5) is 16.6. The summed E-state index contributed by atoms with van der Waals surface area (Å²) in [6.07, 6.45) is 1.72. The van der Waals surface area contributed by atoms with Gasteiger partial charge in [0.1, 0.15) is 5.00 Å². The lowest BCUT2D eigenvalue weighted by atomic mass is 10.0. The molecule has 2 heterocycles. The van der Waals surface area contributed by atoms with Gasteiger partial charge in [-0.3, -0.25) is 5.32 Å². The first-order valence-electron chi connectivity index (χ1n) is 7.01. The van der Waals surface area contributed by atoms with E-state index in [2.05, 4.69) is 29.5 Å². The van der Waals surface area contributed by atoms with Gasteiger partial charge in [-0.2, -0.15) is 0 Å². The zero-order valence-electron chi connectivity index (χ0n) is 12.6. The fraction of sp³-hybridized carbons (Fsp3) is 0.714. The molecule has 0 unspecified atom stereocenters. The minimum atomic E-state index is -0.262. The van der Waals surface area contributed by atoms with E-state index in [9.17, 15) is 4.79 Å². The van der Waals surface area contributed by atoms with Gasteiger partial charge in [0.05, 0.1) is 22.8 Å². The molecule has 2 rings (SSSR count). The van der Waals surface area contributed by atoms with Crippen molar-refractivity contribution >= 4 is 22.4 Å². The van der Waals surface area contributed by atoms with Gasteiger partial charge in [-0.15, -0.1) is 11.3 Å². The largest absolute Gasteiger partial charge is 0.379 e. The Bertz CT molecular complexity index is 479. The van der Waals surface area contributed by atoms with Gasteiger partial charge in [-0.25, -0.2) is 9.78 Å². The lowest BCUT2D eigenvalue weighted by Gasteiger charge is -2.23. The van der Waals surface area contributed by atoms with Crippen molar-refractivity contribution in [3.63, 3.8) is 0 Å². The van der Waals surface area contributed by atoms with Crippen molar-refractivity contribution in [3.8, 4) is 0 Å². The van der Waals surface area contributed by atoms with E-state index in [4.69, 9.17) is 4.74 Å². The van der Waals surface area contributed by atoms with Gasteiger partial charge in [0.2, 0.25) is 0 Å². The highest BCUT2D eigenvalue weighted by molar-refractivity contribution is 7.16. The van der Waals surface area contributed by atoms with Crippen LogP contribution in [0.5, 0.6) is 0 Å². The average molecular weight is 297 g/mol. The predicted octanol–water partition coefficient (Wildman–Crippen LogP) is 2.95. The number of anilines is 1. The first kappa shape index (κ1) is 15.3. The normalized spacial score (nSPS) is 22.2. The monoisotopic (exact) mass is 297 g/mol. The Kier molecular flexibility index (Phi) is 4.65. The van der Waals surface area contributed by atoms with E-state index < -0.39 is 0 Å². The molecule has 6 heteroatoms. The number of aryl methyl sites for hydroxylation is 1. The third-order valence-electron chi connectivity index (χ3n) is 3.27. The van der Waals surface area contributed by atoms with Gasteiger partial charge in [0.25, 0.3) is 0 Å². The molecule has 2 N–H and O–H groups in total. The second-order valence-electron chi connectivity index (χ2n) is 6.05. The molecule has 0 saturated carbocycles. The van der Waals surface area contributed by atoms with Crippen molar-refractivity contribution in [1.82, 2.24) is 10.3 Å². The van der Waals surface area contributed by atoms with E-state index in [1.165, 1.54) is 11.3 Å². The minimum absolute atomic E-state index is 0.174. The third-order valence-corrected chi connectivity index (χ3v) is 4.20. The summed E-state index contributed by atoms with van der Waals surface area (Å²) in [5.74, 6) is 0.515. The summed E-state index contributed by atoms with van der Waals surface area (Å²) < 4.78 is 5.34. The predicted molar refractivity (Wildman–Crippen MR) is 81.4 cm³/mol. The molecular formula is C14H23N3O2S. The van der Waals surface area contributed by atoms with Crippen LogP contribution in [-0.4, -0.2) is 29.8 Å². The lowest BCUT2D eigenvalue weighted by molar-refractivity contribution is 0.172. The first-order chi connectivity index (χ1) is 9.38. The van der Waals surface area contributed by atoms with E-state index >= 15 is 0 Å². The number of hydrogen-bond donors (Lipinski definition) is 2. The maximum Gasteiger partial charge on any atom is 0.320 e. The zero-order valence-corrected chi connectivity index (χ0v) is 13.4. The molecule has 1 atom stereocenters. The maximum absolute atomic E-state index is 12.1. The number of carbonyl (C=O) groups is 1. The molecule has 0 radical (unpaired) electrons. The van der Waals surface area contributed by atoms with Gasteiger partial charge in [-0.1, -0.05) is 13.8 Å². The standard InChI is InChI=1S/C14H23N3O2S/c1-9(2)7-11-12(20-10(3)15-11)16-13(18)17-14(4)5-6-19-8-14/h9H,5-8H2,1-4H3,(H2,16,17,18)/t14-/m1/s1.